The molecule has 192 valence electrons. The van der Waals surface area contributed by atoms with Gasteiger partial charge in [-0.1, -0.05) is 62.2 Å². The Labute approximate surface area is 228 Å². The molecule has 37 heavy (non-hydrogen) atoms. The number of non-ortho nitro benzene ring substituents is 1. The van der Waals surface area contributed by atoms with Gasteiger partial charge in [-0.25, -0.2) is 4.79 Å². The Kier molecular flexibility index (Phi) is 7.01. The molecule has 5 rings (SSSR count). The number of imide groups is 1. The number of Topliss-reactive ketones (excluding diaryl/α,β-unsaturated/α-hetero) is 1. The number of carbonyl (C=O) groups excluding carboxylic acids is 4. The first-order valence-corrected chi connectivity index (χ1v) is 13.7. The van der Waals surface area contributed by atoms with Gasteiger partial charge < -0.3 is 4.74 Å². The molecule has 0 unspecified atom stereocenters. The van der Waals surface area contributed by atoms with Crippen molar-refractivity contribution in [1.29, 1.82) is 0 Å². The van der Waals surface area contributed by atoms with Crippen LogP contribution < -0.4 is 0 Å². The number of benzene rings is 2. The van der Waals surface area contributed by atoms with Gasteiger partial charge in [0.25, 0.3) is 5.69 Å². The van der Waals surface area contributed by atoms with Crippen molar-refractivity contribution in [3.63, 3.8) is 0 Å². The van der Waals surface area contributed by atoms with E-state index in [0.29, 0.717) is 0 Å². The fraction of sp³-hybridized carbons (Fsp3) is 0.385. The maximum Gasteiger partial charge on any atom is 0.330 e. The molecule has 2 bridgehead atoms. The average molecular weight is 634 g/mol. The van der Waals surface area contributed by atoms with Crippen LogP contribution in [0, 0.1) is 33.8 Å². The lowest BCUT2D eigenvalue weighted by Gasteiger charge is -2.28. The molecular weight excluding hydrogens is 612 g/mol. The van der Waals surface area contributed by atoms with Gasteiger partial charge in [0, 0.05) is 33.8 Å². The SMILES string of the molecule is O=C(COC(=O)[C@H](Cc1ccccc1)N1C(=O)[C@@H]2[C@H]3C[C@@H]([C@H](Br)[C@H]3Br)[C@@H]2C1=O)c1ccc([N+](=O)[O-])cc1. The molecule has 2 aromatic carbocycles. The number of esters is 1. The van der Waals surface area contributed by atoms with Gasteiger partial charge in [-0.05, 0) is 36.0 Å². The first kappa shape index (κ1) is 25.7. The van der Waals surface area contributed by atoms with Crippen molar-refractivity contribution in [2.75, 3.05) is 6.61 Å². The van der Waals surface area contributed by atoms with Crippen molar-refractivity contribution in [1.82, 2.24) is 4.90 Å². The number of halogens is 2. The van der Waals surface area contributed by atoms with Gasteiger partial charge in [-0.3, -0.25) is 29.4 Å². The van der Waals surface area contributed by atoms with Crippen LogP contribution in [0.4, 0.5) is 5.69 Å². The summed E-state index contributed by atoms with van der Waals surface area (Å²) in [6.45, 7) is -0.622. The Balaban J connectivity index is 1.36. The number of hydrogen-bond donors (Lipinski definition) is 0. The van der Waals surface area contributed by atoms with Crippen molar-refractivity contribution in [3.05, 3.63) is 75.8 Å². The molecule has 3 aliphatic rings. The van der Waals surface area contributed by atoms with Gasteiger partial charge in [-0.15, -0.1) is 0 Å². The molecule has 11 heteroatoms. The number of nitrogens with zero attached hydrogens (tertiary/aromatic N) is 2. The monoisotopic (exact) mass is 632 g/mol. The Morgan fingerprint density at radius 3 is 2.08 bits per heavy atom. The van der Waals surface area contributed by atoms with Crippen LogP contribution in [0.25, 0.3) is 0 Å². The zero-order chi connectivity index (χ0) is 26.4. The van der Waals surface area contributed by atoms with Gasteiger partial charge in [-0.2, -0.15) is 0 Å². The quantitative estimate of drug-likeness (QED) is 0.108. The van der Waals surface area contributed by atoms with Crippen molar-refractivity contribution in [2.45, 2.75) is 28.5 Å². The molecule has 2 saturated carbocycles. The molecule has 2 aromatic rings. The highest BCUT2D eigenvalue weighted by molar-refractivity contribution is 9.12. The van der Waals surface area contributed by atoms with Crippen LogP contribution in [0.2, 0.25) is 0 Å². The predicted molar refractivity (Wildman–Crippen MR) is 138 cm³/mol. The highest BCUT2D eigenvalue weighted by atomic mass is 79.9. The zero-order valence-corrected chi connectivity index (χ0v) is 22.5. The van der Waals surface area contributed by atoms with Crippen LogP contribution in [0.1, 0.15) is 22.3 Å². The van der Waals surface area contributed by atoms with E-state index in [2.05, 4.69) is 31.9 Å². The van der Waals surface area contributed by atoms with Gasteiger partial charge in [0.15, 0.2) is 12.4 Å². The lowest BCUT2D eigenvalue weighted by Crippen LogP contribution is -2.48. The number of carbonyl (C=O) groups is 4. The number of fused-ring (bicyclic) bond motifs is 5. The van der Waals surface area contributed by atoms with Crippen LogP contribution in [-0.4, -0.2) is 55.7 Å². The molecule has 1 saturated heterocycles. The number of ether oxygens (including phenoxy) is 1. The normalized spacial score (nSPS) is 28.8. The van der Waals surface area contributed by atoms with E-state index in [4.69, 9.17) is 4.74 Å². The summed E-state index contributed by atoms with van der Waals surface area (Å²) in [5.41, 5.74) is 0.714. The van der Waals surface area contributed by atoms with E-state index in [-0.39, 0.29) is 51.0 Å². The second-order valence-corrected chi connectivity index (χ2v) is 11.7. The van der Waals surface area contributed by atoms with Gasteiger partial charge in [0.1, 0.15) is 6.04 Å². The van der Waals surface area contributed by atoms with E-state index < -0.39 is 41.2 Å². The van der Waals surface area contributed by atoms with Crippen LogP contribution in [0.3, 0.4) is 0 Å². The summed E-state index contributed by atoms with van der Waals surface area (Å²) in [6, 6.07) is 12.7. The van der Waals surface area contributed by atoms with Crippen molar-refractivity contribution < 1.29 is 28.8 Å². The van der Waals surface area contributed by atoms with E-state index in [0.717, 1.165) is 16.9 Å². The Morgan fingerprint density at radius 2 is 1.54 bits per heavy atom. The number of ketones is 1. The highest BCUT2D eigenvalue weighted by Gasteiger charge is 2.67. The minimum absolute atomic E-state index is 0.00191. The lowest BCUT2D eigenvalue weighted by atomic mass is 9.81. The topological polar surface area (TPSA) is 124 Å². The molecule has 7 atom stereocenters. The summed E-state index contributed by atoms with van der Waals surface area (Å²) in [5.74, 6) is -3.11. The Morgan fingerprint density at radius 1 is 0.973 bits per heavy atom. The van der Waals surface area contributed by atoms with Gasteiger partial charge in [0.05, 0.1) is 16.8 Å². The van der Waals surface area contributed by atoms with Crippen molar-refractivity contribution in [2.24, 2.45) is 23.7 Å². The van der Waals surface area contributed by atoms with E-state index in [1.165, 1.54) is 24.3 Å². The fourth-order valence-electron chi connectivity index (χ4n) is 5.88. The molecule has 9 nitrogen and oxygen atoms in total. The summed E-state index contributed by atoms with van der Waals surface area (Å²) >= 11 is 7.33. The molecule has 0 radical (unpaired) electrons. The van der Waals surface area contributed by atoms with E-state index >= 15 is 0 Å². The van der Waals surface area contributed by atoms with Gasteiger partial charge >= 0.3 is 5.97 Å². The first-order valence-electron chi connectivity index (χ1n) is 11.8. The van der Waals surface area contributed by atoms with Crippen molar-refractivity contribution in [3.8, 4) is 0 Å². The smallest absolute Gasteiger partial charge is 0.330 e. The predicted octanol–water partition coefficient (Wildman–Crippen LogP) is 3.71. The Hall–Kier alpha value is -2.92. The number of nitro benzene ring substituents is 1. The largest absolute Gasteiger partial charge is 0.456 e. The molecule has 0 spiro atoms. The van der Waals surface area contributed by atoms with Crippen LogP contribution in [0.5, 0.6) is 0 Å². The molecular formula is C26H22Br2N2O7. The fourth-order valence-corrected chi connectivity index (χ4v) is 7.76. The third kappa shape index (κ3) is 4.52. The minimum atomic E-state index is -1.21. The van der Waals surface area contributed by atoms with Crippen LogP contribution >= 0.6 is 31.9 Å². The standard InChI is InChI=1S/C26H22Br2N2O7/c27-22-16-11-17(23(22)28)21-20(16)24(32)29(25(21)33)18(10-13-4-2-1-3-5-13)26(34)37-12-19(31)14-6-8-15(9-7-14)30(35)36/h1-9,16-18,20-23H,10-12H2/t16-,17-,18+,20-,21+,22+,23+/m1/s1. The van der Waals surface area contributed by atoms with Crippen LogP contribution in [-0.2, 0) is 25.5 Å². The van der Waals surface area contributed by atoms with E-state index in [9.17, 15) is 29.3 Å². The van der Waals surface area contributed by atoms with Gasteiger partial charge in [0.2, 0.25) is 11.8 Å². The summed E-state index contributed by atoms with van der Waals surface area (Å²) < 4.78 is 5.33. The number of likely N-dealkylation sites (tertiary alicyclic amines) is 1. The van der Waals surface area contributed by atoms with Crippen molar-refractivity contribution >= 4 is 61.1 Å². The molecule has 0 aromatic heterocycles. The number of amides is 2. The van der Waals surface area contributed by atoms with E-state index in [1.54, 1.807) is 24.3 Å². The van der Waals surface area contributed by atoms with E-state index in [1.807, 2.05) is 6.07 Å². The summed E-state index contributed by atoms with van der Waals surface area (Å²) in [4.78, 5) is 64.5. The summed E-state index contributed by atoms with van der Waals surface area (Å²) in [7, 11) is 0. The molecule has 2 amide bonds. The maximum absolute atomic E-state index is 13.6. The average Bonchev–Trinajstić information content (AvgIpc) is 3.51. The zero-order valence-electron chi connectivity index (χ0n) is 19.4. The molecule has 2 aliphatic carbocycles. The second-order valence-electron chi connectivity index (χ2n) is 9.59. The third-order valence-corrected chi connectivity index (χ3v) is 10.8. The first-order chi connectivity index (χ1) is 17.7. The number of rotatable bonds is 8. The molecule has 1 aliphatic heterocycles. The maximum atomic E-state index is 13.6. The number of hydrogen-bond acceptors (Lipinski definition) is 7. The lowest BCUT2D eigenvalue weighted by molar-refractivity contribution is -0.384. The Bertz CT molecular complexity index is 1240. The number of alkyl halides is 2. The summed E-state index contributed by atoms with van der Waals surface area (Å²) in [5, 5.41) is 10.8. The molecule has 3 fully saturated rings. The molecule has 0 N–H and O–H groups in total. The highest BCUT2D eigenvalue weighted by Crippen LogP contribution is 2.60. The third-order valence-electron chi connectivity index (χ3n) is 7.62. The minimum Gasteiger partial charge on any atom is -0.456 e. The number of nitro groups is 1. The molecule has 1 heterocycles. The van der Waals surface area contributed by atoms with Crippen LogP contribution in [0.15, 0.2) is 54.6 Å². The second kappa shape index (κ2) is 10.1. The summed E-state index contributed by atoms with van der Waals surface area (Å²) in [6.07, 6.45) is 0.831.